The van der Waals surface area contributed by atoms with Crippen LogP contribution in [0.25, 0.3) is 20.7 Å². The molecule has 2 nitrogen and oxygen atoms in total. The van der Waals surface area contributed by atoms with Crippen LogP contribution >= 0.6 is 22.7 Å². The van der Waals surface area contributed by atoms with Crippen molar-refractivity contribution in [2.75, 3.05) is 7.05 Å². The lowest BCUT2D eigenvalue weighted by atomic mass is 10.2. The molecule has 0 saturated heterocycles. The van der Waals surface area contributed by atoms with Crippen molar-refractivity contribution in [2.24, 2.45) is 0 Å². The van der Waals surface area contributed by atoms with E-state index in [9.17, 15) is 0 Å². The first kappa shape index (κ1) is 11.8. The fourth-order valence-electron chi connectivity index (χ4n) is 1.90. The highest BCUT2D eigenvalue weighted by molar-refractivity contribution is 7.19. The molecule has 2 aromatic heterocycles. The molecule has 1 N–H and O–H groups in total. The molecule has 0 aliphatic rings. The zero-order valence-corrected chi connectivity index (χ0v) is 11.9. The maximum Gasteiger partial charge on any atom is 0.125 e. The summed E-state index contributed by atoms with van der Waals surface area (Å²) < 4.78 is 1.32. The van der Waals surface area contributed by atoms with Gasteiger partial charge in [-0.1, -0.05) is 18.2 Å². The van der Waals surface area contributed by atoms with Crippen LogP contribution in [0.3, 0.4) is 0 Å². The molecule has 1 unspecified atom stereocenters. The maximum absolute atomic E-state index is 4.56. The molecule has 3 rings (SSSR count). The average Bonchev–Trinajstić information content (AvgIpc) is 3.03. The summed E-state index contributed by atoms with van der Waals surface area (Å²) in [6.45, 7) is 2.16. The van der Waals surface area contributed by atoms with Gasteiger partial charge in [0.1, 0.15) is 5.01 Å². The highest BCUT2D eigenvalue weighted by Crippen LogP contribution is 2.36. The van der Waals surface area contributed by atoms with Crippen molar-refractivity contribution in [2.45, 2.75) is 13.0 Å². The summed E-state index contributed by atoms with van der Waals surface area (Å²) in [6.07, 6.45) is 1.98. The molecule has 2 heterocycles. The largest absolute Gasteiger partial charge is 0.312 e. The molecule has 0 amide bonds. The second kappa shape index (κ2) is 4.80. The molecule has 0 fully saturated rings. The molecular weight excluding hydrogens is 260 g/mol. The van der Waals surface area contributed by atoms with Crippen molar-refractivity contribution in [1.29, 1.82) is 0 Å². The lowest BCUT2D eigenvalue weighted by molar-refractivity contribution is 0.662. The van der Waals surface area contributed by atoms with Gasteiger partial charge in [-0.3, -0.25) is 0 Å². The van der Waals surface area contributed by atoms with Crippen LogP contribution in [0.4, 0.5) is 0 Å². The van der Waals surface area contributed by atoms with Gasteiger partial charge in [0.05, 0.1) is 0 Å². The Kier molecular flexibility index (Phi) is 3.16. The minimum absolute atomic E-state index is 0.362. The van der Waals surface area contributed by atoms with Gasteiger partial charge < -0.3 is 5.32 Å². The van der Waals surface area contributed by atoms with Gasteiger partial charge in [-0.15, -0.1) is 22.7 Å². The molecule has 0 bridgehead atoms. The van der Waals surface area contributed by atoms with E-state index < -0.39 is 0 Å². The molecule has 92 valence electrons. The standard InChI is InChI=1S/C14H14N2S2/c1-9(15-2)13-7-16-14(18-13)11-8-17-12-6-4-3-5-10(11)12/h3-9,15H,1-2H3. The van der Waals surface area contributed by atoms with E-state index in [4.69, 9.17) is 0 Å². The summed E-state index contributed by atoms with van der Waals surface area (Å²) in [4.78, 5) is 5.84. The van der Waals surface area contributed by atoms with Crippen molar-refractivity contribution in [3.8, 4) is 10.6 Å². The number of hydrogen-bond acceptors (Lipinski definition) is 4. The second-order valence-electron chi connectivity index (χ2n) is 4.22. The predicted octanol–water partition coefficient (Wildman–Crippen LogP) is 4.31. The highest BCUT2D eigenvalue weighted by atomic mass is 32.1. The Labute approximate surface area is 114 Å². The smallest absolute Gasteiger partial charge is 0.125 e. The number of aromatic nitrogens is 1. The van der Waals surface area contributed by atoms with E-state index in [2.05, 4.69) is 46.9 Å². The molecule has 4 heteroatoms. The maximum atomic E-state index is 4.56. The normalized spacial score (nSPS) is 13.0. The number of benzene rings is 1. The Bertz CT molecular complexity index is 669. The topological polar surface area (TPSA) is 24.9 Å². The van der Waals surface area contributed by atoms with Gasteiger partial charge in [0.25, 0.3) is 0 Å². The fraction of sp³-hybridized carbons (Fsp3) is 0.214. The fourth-order valence-corrected chi connectivity index (χ4v) is 3.92. The van der Waals surface area contributed by atoms with Crippen LogP contribution in [-0.4, -0.2) is 12.0 Å². The third-order valence-electron chi connectivity index (χ3n) is 3.09. The van der Waals surface area contributed by atoms with Crippen LogP contribution in [0.2, 0.25) is 0 Å². The van der Waals surface area contributed by atoms with Crippen LogP contribution in [0.5, 0.6) is 0 Å². The summed E-state index contributed by atoms with van der Waals surface area (Å²) in [6, 6.07) is 8.86. The zero-order chi connectivity index (χ0) is 12.5. The Hall–Kier alpha value is -1.23. The number of nitrogens with one attached hydrogen (secondary N) is 1. The Morgan fingerprint density at radius 3 is 2.94 bits per heavy atom. The van der Waals surface area contributed by atoms with E-state index in [1.165, 1.54) is 20.5 Å². The summed E-state index contributed by atoms with van der Waals surface area (Å²) in [5, 5.41) is 7.88. The van der Waals surface area contributed by atoms with Gasteiger partial charge in [-0.25, -0.2) is 4.98 Å². The Morgan fingerprint density at radius 2 is 2.11 bits per heavy atom. The minimum Gasteiger partial charge on any atom is -0.312 e. The van der Waals surface area contributed by atoms with Gasteiger partial charge in [0.2, 0.25) is 0 Å². The molecular formula is C14H14N2S2. The molecule has 18 heavy (non-hydrogen) atoms. The van der Waals surface area contributed by atoms with Crippen LogP contribution in [0, 0.1) is 0 Å². The average molecular weight is 274 g/mol. The van der Waals surface area contributed by atoms with E-state index in [0.717, 1.165) is 5.01 Å². The van der Waals surface area contributed by atoms with Gasteiger partial charge >= 0.3 is 0 Å². The molecule has 1 aromatic carbocycles. The van der Waals surface area contributed by atoms with E-state index in [1.807, 2.05) is 13.2 Å². The van der Waals surface area contributed by atoms with Crippen molar-refractivity contribution >= 4 is 32.8 Å². The van der Waals surface area contributed by atoms with Crippen LogP contribution in [0.1, 0.15) is 17.8 Å². The van der Waals surface area contributed by atoms with Crippen LogP contribution in [-0.2, 0) is 0 Å². The third-order valence-corrected chi connectivity index (χ3v) is 5.27. The number of thiazole rings is 1. The monoisotopic (exact) mass is 274 g/mol. The third kappa shape index (κ3) is 1.96. The number of thiophene rings is 1. The Balaban J connectivity index is 2.07. The first-order valence-electron chi connectivity index (χ1n) is 5.89. The van der Waals surface area contributed by atoms with E-state index in [1.54, 1.807) is 22.7 Å². The van der Waals surface area contributed by atoms with Crippen LogP contribution in [0.15, 0.2) is 35.8 Å². The Morgan fingerprint density at radius 1 is 1.28 bits per heavy atom. The molecule has 0 aliphatic heterocycles. The summed E-state index contributed by atoms with van der Waals surface area (Å²) in [5.41, 5.74) is 1.26. The summed E-state index contributed by atoms with van der Waals surface area (Å²) >= 11 is 3.55. The summed E-state index contributed by atoms with van der Waals surface area (Å²) in [7, 11) is 1.98. The highest BCUT2D eigenvalue weighted by Gasteiger charge is 2.12. The van der Waals surface area contributed by atoms with Crippen molar-refractivity contribution in [1.82, 2.24) is 10.3 Å². The molecule has 0 radical (unpaired) electrons. The lowest BCUT2D eigenvalue weighted by Gasteiger charge is -2.04. The molecule has 3 aromatic rings. The van der Waals surface area contributed by atoms with E-state index >= 15 is 0 Å². The van der Waals surface area contributed by atoms with E-state index in [0.29, 0.717) is 6.04 Å². The van der Waals surface area contributed by atoms with Crippen molar-refractivity contribution in [3.63, 3.8) is 0 Å². The van der Waals surface area contributed by atoms with Crippen LogP contribution < -0.4 is 5.32 Å². The molecule has 0 spiro atoms. The molecule has 0 saturated carbocycles. The number of hydrogen-bond donors (Lipinski definition) is 1. The van der Waals surface area contributed by atoms with Crippen molar-refractivity contribution < 1.29 is 0 Å². The first-order valence-corrected chi connectivity index (χ1v) is 7.59. The predicted molar refractivity (Wildman–Crippen MR) is 80.4 cm³/mol. The van der Waals surface area contributed by atoms with Gasteiger partial charge in [-0.05, 0) is 20.0 Å². The van der Waals surface area contributed by atoms with Gasteiger partial charge in [0.15, 0.2) is 0 Å². The number of nitrogens with zero attached hydrogens (tertiary/aromatic N) is 1. The second-order valence-corrected chi connectivity index (χ2v) is 6.20. The molecule has 0 aliphatic carbocycles. The SMILES string of the molecule is CNC(C)c1cnc(-c2csc3ccccc23)s1. The van der Waals surface area contributed by atoms with Gasteiger partial charge in [-0.2, -0.15) is 0 Å². The summed E-state index contributed by atoms with van der Waals surface area (Å²) in [5.74, 6) is 0. The molecule has 1 atom stereocenters. The first-order chi connectivity index (χ1) is 8.79. The zero-order valence-electron chi connectivity index (χ0n) is 10.3. The minimum atomic E-state index is 0.362. The number of rotatable bonds is 3. The van der Waals surface area contributed by atoms with Crippen molar-refractivity contribution in [3.05, 3.63) is 40.7 Å². The van der Waals surface area contributed by atoms with E-state index in [-0.39, 0.29) is 0 Å². The number of fused-ring (bicyclic) bond motifs is 1. The quantitative estimate of drug-likeness (QED) is 0.770. The van der Waals surface area contributed by atoms with Gasteiger partial charge in [0, 0.05) is 38.1 Å². The lowest BCUT2D eigenvalue weighted by Crippen LogP contribution is -2.10.